The molecule has 2 aliphatic rings. The van der Waals surface area contributed by atoms with E-state index in [1.807, 2.05) is 61.5 Å². The fourth-order valence-corrected chi connectivity index (χ4v) is 4.41. The van der Waals surface area contributed by atoms with Crippen LogP contribution in [0.4, 0.5) is 0 Å². The Kier molecular flexibility index (Phi) is 5.20. The molecule has 1 fully saturated rings. The Bertz CT molecular complexity index is 1110. The minimum absolute atomic E-state index is 0.0820. The second-order valence-electron chi connectivity index (χ2n) is 7.97. The summed E-state index contributed by atoms with van der Waals surface area (Å²) in [4.78, 5) is 13.2. The predicted molar refractivity (Wildman–Crippen MR) is 116 cm³/mol. The van der Waals surface area contributed by atoms with Crippen molar-refractivity contribution in [2.24, 2.45) is 11.0 Å². The molecule has 0 spiro atoms. The van der Waals surface area contributed by atoms with Gasteiger partial charge < -0.3 is 13.6 Å². The Morgan fingerprint density at radius 3 is 2.84 bits per heavy atom. The van der Waals surface area contributed by atoms with Gasteiger partial charge in [0.1, 0.15) is 23.3 Å². The monoisotopic (exact) mass is 416 g/mol. The summed E-state index contributed by atoms with van der Waals surface area (Å²) in [6, 6.07) is 15.0. The van der Waals surface area contributed by atoms with Crippen LogP contribution in [0.25, 0.3) is 6.08 Å². The van der Waals surface area contributed by atoms with Crippen LogP contribution < -0.4 is 4.74 Å². The average molecular weight is 416 g/mol. The van der Waals surface area contributed by atoms with E-state index in [4.69, 9.17) is 18.7 Å². The van der Waals surface area contributed by atoms with Gasteiger partial charge in [0.15, 0.2) is 6.61 Å². The highest BCUT2D eigenvalue weighted by Crippen LogP contribution is 2.44. The summed E-state index contributed by atoms with van der Waals surface area (Å²) in [6.45, 7) is 1.91. The van der Waals surface area contributed by atoms with Gasteiger partial charge in [-0.05, 0) is 79.8 Å². The van der Waals surface area contributed by atoms with Gasteiger partial charge in [0, 0.05) is 5.92 Å². The molecular weight excluding hydrogens is 392 g/mol. The van der Waals surface area contributed by atoms with Gasteiger partial charge in [0.05, 0.1) is 18.2 Å². The van der Waals surface area contributed by atoms with E-state index in [-0.39, 0.29) is 24.5 Å². The van der Waals surface area contributed by atoms with Crippen molar-refractivity contribution in [3.63, 3.8) is 0 Å². The fraction of sp³-hybridized carbons (Fsp3) is 0.280. The Morgan fingerprint density at radius 2 is 2.06 bits per heavy atom. The number of hydrazone groups is 1. The van der Waals surface area contributed by atoms with Gasteiger partial charge >= 0.3 is 0 Å². The van der Waals surface area contributed by atoms with Crippen molar-refractivity contribution in [2.45, 2.75) is 32.2 Å². The Balaban J connectivity index is 1.43. The minimum Gasteiger partial charge on any atom is -0.484 e. The number of fused-ring (bicyclic) bond motifs is 1. The second-order valence-corrected chi connectivity index (χ2v) is 7.97. The van der Waals surface area contributed by atoms with Crippen LogP contribution in [-0.4, -0.2) is 23.2 Å². The lowest BCUT2D eigenvalue weighted by atomic mass is 9.79. The third-order valence-electron chi connectivity index (χ3n) is 5.80. The van der Waals surface area contributed by atoms with Crippen molar-refractivity contribution in [3.8, 4) is 5.75 Å². The third kappa shape index (κ3) is 3.93. The molecule has 0 saturated heterocycles. The van der Waals surface area contributed by atoms with E-state index in [0.717, 1.165) is 47.6 Å². The highest BCUT2D eigenvalue weighted by Gasteiger charge is 2.45. The SMILES string of the molecule is Cc1cccc(OCC(=O)N2N=C3/C(=C/c4ccco4)CCCC3C2c2ccco2)c1. The summed E-state index contributed by atoms with van der Waals surface area (Å²) in [5.41, 5.74) is 3.13. The number of carbonyl (C=O) groups is 1. The van der Waals surface area contributed by atoms with Crippen LogP contribution in [0, 0.1) is 12.8 Å². The van der Waals surface area contributed by atoms with E-state index < -0.39 is 0 Å². The van der Waals surface area contributed by atoms with E-state index in [1.165, 1.54) is 0 Å². The Hall–Kier alpha value is -3.54. The van der Waals surface area contributed by atoms with Gasteiger partial charge in [-0.15, -0.1) is 0 Å². The third-order valence-corrected chi connectivity index (χ3v) is 5.80. The van der Waals surface area contributed by atoms with Crippen molar-refractivity contribution in [1.29, 1.82) is 0 Å². The van der Waals surface area contributed by atoms with Crippen LogP contribution in [0.1, 0.15) is 42.4 Å². The lowest BCUT2D eigenvalue weighted by Crippen LogP contribution is -2.34. The molecule has 3 aromatic rings. The van der Waals surface area contributed by atoms with Crippen LogP contribution in [-0.2, 0) is 4.79 Å². The first-order valence-corrected chi connectivity index (χ1v) is 10.6. The van der Waals surface area contributed by atoms with Gasteiger partial charge in [-0.3, -0.25) is 4.79 Å². The fourth-order valence-electron chi connectivity index (χ4n) is 4.41. The van der Waals surface area contributed by atoms with Gasteiger partial charge in [0.2, 0.25) is 0 Å². The van der Waals surface area contributed by atoms with Gasteiger partial charge in [0.25, 0.3) is 5.91 Å². The van der Waals surface area contributed by atoms with Crippen LogP contribution >= 0.6 is 0 Å². The molecule has 6 heteroatoms. The Morgan fingerprint density at radius 1 is 1.19 bits per heavy atom. The summed E-state index contributed by atoms with van der Waals surface area (Å²) >= 11 is 0. The summed E-state index contributed by atoms with van der Waals surface area (Å²) in [5.74, 6) is 2.10. The zero-order valence-corrected chi connectivity index (χ0v) is 17.4. The maximum Gasteiger partial charge on any atom is 0.281 e. The number of amides is 1. The summed E-state index contributed by atoms with van der Waals surface area (Å²) in [7, 11) is 0. The molecule has 2 atom stereocenters. The second kappa shape index (κ2) is 8.30. The van der Waals surface area contributed by atoms with Crippen molar-refractivity contribution in [1.82, 2.24) is 5.01 Å². The zero-order chi connectivity index (χ0) is 21.2. The molecule has 1 aliphatic carbocycles. The van der Waals surface area contributed by atoms with Crippen molar-refractivity contribution >= 4 is 17.7 Å². The average Bonchev–Trinajstić information content (AvgIpc) is 3.52. The van der Waals surface area contributed by atoms with Gasteiger partial charge in [-0.25, -0.2) is 5.01 Å². The molecule has 0 N–H and O–H groups in total. The zero-order valence-electron chi connectivity index (χ0n) is 17.4. The highest BCUT2D eigenvalue weighted by atomic mass is 16.5. The molecule has 1 amide bonds. The van der Waals surface area contributed by atoms with Crippen LogP contribution in [0.3, 0.4) is 0 Å². The number of hydrogen-bond donors (Lipinski definition) is 0. The number of furan rings is 2. The van der Waals surface area contributed by atoms with E-state index in [1.54, 1.807) is 17.5 Å². The first-order valence-electron chi connectivity index (χ1n) is 10.6. The van der Waals surface area contributed by atoms with E-state index >= 15 is 0 Å². The smallest absolute Gasteiger partial charge is 0.281 e. The number of hydrogen-bond acceptors (Lipinski definition) is 5. The first-order chi connectivity index (χ1) is 15.2. The van der Waals surface area contributed by atoms with Crippen molar-refractivity contribution in [3.05, 3.63) is 83.7 Å². The largest absolute Gasteiger partial charge is 0.484 e. The van der Waals surface area contributed by atoms with Crippen LogP contribution in [0.2, 0.25) is 0 Å². The standard InChI is InChI=1S/C25H24N2O4/c1-17-6-2-8-19(14-17)31-16-23(28)27-25(22-11-5-13-30-22)21-10-3-7-18(24(21)26-27)15-20-9-4-12-29-20/h2,4-6,8-9,11-15,21,25H,3,7,10,16H2,1H3/b18-15+. The van der Waals surface area contributed by atoms with Crippen LogP contribution in [0.15, 0.2) is 80.6 Å². The number of nitrogens with zero attached hydrogens (tertiary/aromatic N) is 2. The molecule has 0 bridgehead atoms. The molecule has 1 aromatic carbocycles. The topological polar surface area (TPSA) is 68.2 Å². The van der Waals surface area contributed by atoms with Gasteiger partial charge in [-0.1, -0.05) is 12.1 Å². The lowest BCUT2D eigenvalue weighted by Gasteiger charge is -2.27. The van der Waals surface area contributed by atoms with Crippen molar-refractivity contribution in [2.75, 3.05) is 6.61 Å². The molecule has 3 heterocycles. The first kappa shape index (κ1) is 19.4. The number of rotatable bonds is 5. The molecule has 5 rings (SSSR count). The quantitative estimate of drug-likeness (QED) is 0.560. The maximum absolute atomic E-state index is 13.2. The summed E-state index contributed by atoms with van der Waals surface area (Å²) in [5, 5.41) is 6.34. The molecule has 31 heavy (non-hydrogen) atoms. The van der Waals surface area contributed by atoms with E-state index in [2.05, 4.69) is 0 Å². The summed E-state index contributed by atoms with van der Waals surface area (Å²) in [6.07, 6.45) is 8.20. The molecule has 0 radical (unpaired) electrons. The van der Waals surface area contributed by atoms with Crippen molar-refractivity contribution < 1.29 is 18.4 Å². The molecule has 1 saturated carbocycles. The highest BCUT2D eigenvalue weighted by molar-refractivity contribution is 6.08. The number of allylic oxidation sites excluding steroid dienone is 1. The molecule has 2 unspecified atom stereocenters. The van der Waals surface area contributed by atoms with Gasteiger partial charge in [-0.2, -0.15) is 5.10 Å². The molecule has 1 aliphatic heterocycles. The van der Waals surface area contributed by atoms with Crippen LogP contribution in [0.5, 0.6) is 5.75 Å². The molecule has 6 nitrogen and oxygen atoms in total. The number of benzene rings is 1. The Labute approximate surface area is 180 Å². The molecule has 2 aromatic heterocycles. The molecular formula is C25H24N2O4. The minimum atomic E-state index is -0.265. The summed E-state index contributed by atoms with van der Waals surface area (Å²) < 4.78 is 17.0. The van der Waals surface area contributed by atoms with E-state index in [0.29, 0.717) is 5.75 Å². The number of ether oxygens (including phenoxy) is 1. The predicted octanol–water partition coefficient (Wildman–Crippen LogP) is 5.38. The molecule has 158 valence electrons. The lowest BCUT2D eigenvalue weighted by molar-refractivity contribution is -0.136. The normalized spacial score (nSPS) is 21.8. The maximum atomic E-state index is 13.2. The number of aryl methyl sites for hydroxylation is 1. The van der Waals surface area contributed by atoms with E-state index in [9.17, 15) is 4.79 Å². The number of carbonyl (C=O) groups excluding carboxylic acids is 1.